The predicted molar refractivity (Wildman–Crippen MR) is 35.0 cm³/mol. The molecule has 0 aliphatic carbocycles. The Morgan fingerprint density at radius 3 is 1.88 bits per heavy atom. The Morgan fingerprint density at radius 1 is 1.50 bits per heavy atom. The fraction of sp³-hybridized carbons (Fsp3) is 0.250. The summed E-state index contributed by atoms with van der Waals surface area (Å²) in [7, 11) is 0. The quantitative estimate of drug-likeness (QED) is 0.488. The Kier molecular flexibility index (Phi) is 76.4. The molecule has 0 bridgehead atoms. The normalized spacial score (nSPS) is 4.00. The van der Waals surface area contributed by atoms with Crippen LogP contribution in [-0.2, 0) is 21.6 Å². The van der Waals surface area contributed by atoms with Gasteiger partial charge in [-0.05, 0) is 0 Å². The number of rotatable bonds is 2. The molecule has 0 saturated heterocycles. The number of hydrogen-bond acceptors (Lipinski definition) is 1. The zero-order valence-corrected chi connectivity index (χ0v) is 6.72. The predicted octanol–water partition coefficient (Wildman–Crippen LogP) is 1.51. The van der Waals surface area contributed by atoms with Crippen molar-refractivity contribution in [1.29, 1.82) is 0 Å². The van der Waals surface area contributed by atoms with Gasteiger partial charge in [-0.1, -0.05) is 0 Å². The van der Waals surface area contributed by atoms with Gasteiger partial charge in [0.2, 0.25) is 0 Å². The average molecular weight is 201 g/mol. The Hall–Kier alpha value is 0.496. The van der Waals surface area contributed by atoms with Crippen LogP contribution in [0.15, 0.2) is 12.7 Å². The van der Waals surface area contributed by atoms with Gasteiger partial charge in [-0.25, -0.2) is 0 Å². The number of allylic oxidation sites excluding steroid dienone is 1. The summed E-state index contributed by atoms with van der Waals surface area (Å²) >= 11 is 0. The van der Waals surface area contributed by atoms with Crippen LogP contribution in [-0.4, -0.2) is 6.29 Å². The average Bonchev–Trinajstić information content (AvgIpc) is 1.41. The summed E-state index contributed by atoms with van der Waals surface area (Å²) in [6, 6.07) is 0. The van der Waals surface area contributed by atoms with E-state index < -0.39 is 0 Å². The maximum atomic E-state index is 9.21. The first-order valence-electron chi connectivity index (χ1n) is 1.37. The van der Waals surface area contributed by atoms with E-state index in [9.17, 15) is 4.79 Å². The van der Waals surface area contributed by atoms with E-state index in [4.69, 9.17) is 0 Å². The third-order valence-corrected chi connectivity index (χ3v) is 0.228. The molecule has 0 rings (SSSR count). The van der Waals surface area contributed by atoms with Crippen LogP contribution in [0.1, 0.15) is 6.42 Å². The molecule has 53 valence electrons. The molecule has 1 nitrogen and oxygen atoms in total. The minimum atomic E-state index is 0. The summed E-state index contributed by atoms with van der Waals surface area (Å²) in [6.07, 6.45) is 3.50. The largest absolute Gasteiger partial charge is 0.541 e. The smallest absolute Gasteiger partial charge is 0 e. The van der Waals surface area contributed by atoms with Gasteiger partial charge < -0.3 is 4.79 Å². The van der Waals surface area contributed by atoms with E-state index in [1.807, 2.05) is 0 Å². The molecule has 0 amide bonds. The van der Waals surface area contributed by atoms with Gasteiger partial charge in [0.05, 0.1) is 0 Å². The van der Waals surface area contributed by atoms with Gasteiger partial charge in [-0.2, -0.15) is 0 Å². The van der Waals surface area contributed by atoms with E-state index >= 15 is 0 Å². The van der Waals surface area contributed by atoms with Gasteiger partial charge in [0.1, 0.15) is 0 Å². The zero-order chi connectivity index (χ0) is 4.12. The number of halogens is 2. The van der Waals surface area contributed by atoms with Gasteiger partial charge >= 0.3 is 0 Å². The molecule has 0 aromatic rings. The first-order valence-corrected chi connectivity index (χ1v) is 1.37. The van der Waals surface area contributed by atoms with Crippen molar-refractivity contribution in [2.45, 2.75) is 6.42 Å². The van der Waals surface area contributed by atoms with Crippen molar-refractivity contribution in [2.75, 3.05) is 0 Å². The van der Waals surface area contributed by atoms with Crippen molar-refractivity contribution in [2.24, 2.45) is 0 Å². The fourth-order valence-electron chi connectivity index (χ4n) is 0.0589. The second-order valence-electron chi connectivity index (χ2n) is 0.637. The molecule has 0 atom stereocenters. The van der Waals surface area contributed by atoms with E-state index in [0.29, 0.717) is 6.42 Å². The Labute approximate surface area is 71.9 Å². The summed E-state index contributed by atoms with van der Waals surface area (Å²) in [6.45, 7) is 3.29. The van der Waals surface area contributed by atoms with Crippen molar-refractivity contribution in [3.05, 3.63) is 12.7 Å². The van der Waals surface area contributed by atoms with Gasteiger partial charge in [-0.15, -0.1) is 43.9 Å². The van der Waals surface area contributed by atoms with E-state index in [1.165, 1.54) is 6.08 Å². The molecule has 0 unspecified atom stereocenters. The molecule has 4 heteroatoms. The van der Waals surface area contributed by atoms with Crippen LogP contribution in [0, 0.1) is 0 Å². The second kappa shape index (κ2) is 25.9. The minimum absolute atomic E-state index is 0. The summed E-state index contributed by atoms with van der Waals surface area (Å²) in [5, 5.41) is 0. The summed E-state index contributed by atoms with van der Waals surface area (Å²) < 4.78 is 0. The van der Waals surface area contributed by atoms with E-state index in [-0.39, 0.29) is 41.6 Å². The first kappa shape index (κ1) is 23.6. The van der Waals surface area contributed by atoms with E-state index in [0.717, 1.165) is 0 Å². The molecule has 0 aliphatic rings. The zero-order valence-electron chi connectivity index (χ0n) is 4.05. The SMILES string of the molecule is C=CC[C-]=O.Cl.Cl.[Co]. The Balaban J connectivity index is -0.0000000267. The third kappa shape index (κ3) is 31.5. The molecule has 1 radical (unpaired) electrons. The van der Waals surface area contributed by atoms with Crippen molar-refractivity contribution < 1.29 is 21.6 Å². The summed E-state index contributed by atoms with van der Waals surface area (Å²) in [4.78, 5) is 9.21. The van der Waals surface area contributed by atoms with Crippen LogP contribution >= 0.6 is 24.8 Å². The number of carbonyl (C=O) groups excluding carboxylic acids is 1. The van der Waals surface area contributed by atoms with Gasteiger partial charge in [-0.3, -0.25) is 6.29 Å². The van der Waals surface area contributed by atoms with Crippen molar-refractivity contribution in [3.8, 4) is 0 Å². The van der Waals surface area contributed by atoms with E-state index in [2.05, 4.69) is 6.58 Å². The van der Waals surface area contributed by atoms with Crippen molar-refractivity contribution in [1.82, 2.24) is 0 Å². The molecular weight excluding hydrogens is 194 g/mol. The van der Waals surface area contributed by atoms with Crippen LogP contribution in [0.25, 0.3) is 0 Å². The van der Waals surface area contributed by atoms with E-state index in [1.54, 1.807) is 6.29 Å². The minimum Gasteiger partial charge on any atom is -0.541 e. The molecule has 0 aromatic heterocycles. The molecular formula is C4H7Cl2CoO-. The standard InChI is InChI=1S/C4H5O.2ClH.Co/c1-2-3-4-5;;;/h2H,1,3H2;2*1H;/q-1;;;. The van der Waals surface area contributed by atoms with Gasteiger partial charge in [0.25, 0.3) is 0 Å². The van der Waals surface area contributed by atoms with Crippen LogP contribution < -0.4 is 0 Å². The first-order chi connectivity index (χ1) is 2.41. The molecule has 8 heavy (non-hydrogen) atoms. The van der Waals surface area contributed by atoms with Crippen molar-refractivity contribution in [3.63, 3.8) is 0 Å². The molecule has 0 N–H and O–H groups in total. The molecule has 0 heterocycles. The number of hydrogen-bond donors (Lipinski definition) is 0. The summed E-state index contributed by atoms with van der Waals surface area (Å²) in [5.74, 6) is 0. The molecule has 0 aliphatic heterocycles. The van der Waals surface area contributed by atoms with Crippen LogP contribution in [0.3, 0.4) is 0 Å². The molecule has 0 saturated carbocycles. The maximum Gasteiger partial charge on any atom is 0 e. The van der Waals surface area contributed by atoms with Gasteiger partial charge in [0.15, 0.2) is 0 Å². The van der Waals surface area contributed by atoms with Crippen molar-refractivity contribution >= 4 is 31.1 Å². The van der Waals surface area contributed by atoms with Crippen LogP contribution in [0.5, 0.6) is 0 Å². The fourth-order valence-corrected chi connectivity index (χ4v) is 0.0589. The third-order valence-electron chi connectivity index (χ3n) is 0.228. The van der Waals surface area contributed by atoms with Crippen LogP contribution in [0.2, 0.25) is 0 Å². The molecule has 0 aromatic carbocycles. The summed E-state index contributed by atoms with van der Waals surface area (Å²) in [5.41, 5.74) is 0. The maximum absolute atomic E-state index is 9.21. The molecule has 0 spiro atoms. The monoisotopic (exact) mass is 200 g/mol. The Morgan fingerprint density at radius 2 is 1.88 bits per heavy atom. The Bertz CT molecular complexity index is 43.3. The van der Waals surface area contributed by atoms with Crippen LogP contribution in [0.4, 0.5) is 0 Å². The van der Waals surface area contributed by atoms with Gasteiger partial charge in [0, 0.05) is 16.8 Å². The molecule has 0 fully saturated rings. The second-order valence-corrected chi connectivity index (χ2v) is 0.637. The topological polar surface area (TPSA) is 17.1 Å².